The molecule has 106 valence electrons. The molecular weight excluding hydrogens is 390 g/mol. The van der Waals surface area contributed by atoms with Gasteiger partial charge in [0.15, 0.2) is 0 Å². The number of benzene rings is 3. The van der Waals surface area contributed by atoms with Crippen LogP contribution in [0.3, 0.4) is 0 Å². The molecule has 0 aliphatic carbocycles. The van der Waals surface area contributed by atoms with Crippen LogP contribution in [0.1, 0.15) is 16.0 Å². The third-order valence-electron chi connectivity index (χ3n) is 3.43. The van der Waals surface area contributed by atoms with Crippen molar-refractivity contribution >= 4 is 61.5 Å². The molecule has 0 fully saturated rings. The van der Waals surface area contributed by atoms with Crippen molar-refractivity contribution < 1.29 is 0 Å². The molecule has 0 nitrogen and oxygen atoms in total. The summed E-state index contributed by atoms with van der Waals surface area (Å²) in [7, 11) is 0. The highest BCUT2D eigenvalue weighted by atomic mass is 79.9. The van der Waals surface area contributed by atoms with Crippen molar-refractivity contribution in [2.75, 3.05) is 0 Å². The standard InChI is InChI=1S/C17H10BrCl3/c18-17(16-14(20)6-3-7-15(16)21)12-8-9-13(19)11-5-2-1-4-10(11)12/h1-9,17H. The molecule has 0 amide bonds. The van der Waals surface area contributed by atoms with Gasteiger partial charge in [0, 0.05) is 26.0 Å². The third kappa shape index (κ3) is 2.80. The first-order chi connectivity index (χ1) is 10.1. The first kappa shape index (κ1) is 15.2. The fourth-order valence-electron chi connectivity index (χ4n) is 2.41. The lowest BCUT2D eigenvalue weighted by Crippen LogP contribution is -1.96. The summed E-state index contributed by atoms with van der Waals surface area (Å²) in [4.78, 5) is -0.0964. The summed E-state index contributed by atoms with van der Waals surface area (Å²) in [5, 5.41) is 4.12. The quantitative estimate of drug-likeness (QED) is 0.396. The van der Waals surface area contributed by atoms with E-state index in [1.54, 1.807) is 0 Å². The second kappa shape index (κ2) is 6.18. The lowest BCUT2D eigenvalue weighted by molar-refractivity contribution is 1.20. The van der Waals surface area contributed by atoms with Crippen LogP contribution in [0.2, 0.25) is 15.1 Å². The molecule has 0 heterocycles. The predicted molar refractivity (Wildman–Crippen MR) is 96.2 cm³/mol. The fraction of sp³-hybridized carbons (Fsp3) is 0.0588. The molecule has 0 radical (unpaired) electrons. The Balaban J connectivity index is 2.23. The Kier molecular flexibility index (Phi) is 4.46. The number of halogens is 4. The van der Waals surface area contributed by atoms with Gasteiger partial charge >= 0.3 is 0 Å². The van der Waals surface area contributed by atoms with Gasteiger partial charge in [-0.15, -0.1) is 0 Å². The summed E-state index contributed by atoms with van der Waals surface area (Å²) >= 11 is 22.6. The minimum Gasteiger partial charge on any atom is -0.0839 e. The Morgan fingerprint density at radius 2 is 1.29 bits per heavy atom. The van der Waals surface area contributed by atoms with Gasteiger partial charge in [0.05, 0.1) is 4.83 Å². The molecule has 0 spiro atoms. The summed E-state index contributed by atoms with van der Waals surface area (Å²) in [6.45, 7) is 0. The van der Waals surface area contributed by atoms with Crippen molar-refractivity contribution in [3.05, 3.63) is 80.8 Å². The Morgan fingerprint density at radius 3 is 1.95 bits per heavy atom. The first-order valence-electron chi connectivity index (χ1n) is 6.34. The SMILES string of the molecule is Clc1cccc(Cl)c1C(Br)c1ccc(Cl)c2ccccc12. The molecule has 21 heavy (non-hydrogen) atoms. The van der Waals surface area contributed by atoms with E-state index < -0.39 is 0 Å². The van der Waals surface area contributed by atoms with E-state index in [-0.39, 0.29) is 4.83 Å². The van der Waals surface area contributed by atoms with Crippen LogP contribution >= 0.6 is 50.7 Å². The van der Waals surface area contributed by atoms with Gasteiger partial charge in [0.2, 0.25) is 0 Å². The average Bonchev–Trinajstić information content (AvgIpc) is 2.47. The van der Waals surface area contributed by atoms with Gasteiger partial charge in [-0.2, -0.15) is 0 Å². The van der Waals surface area contributed by atoms with Crippen LogP contribution in [0.4, 0.5) is 0 Å². The van der Waals surface area contributed by atoms with Crippen LogP contribution in [0, 0.1) is 0 Å². The minimum atomic E-state index is -0.0964. The summed E-state index contributed by atoms with van der Waals surface area (Å²) in [6, 6.07) is 17.5. The smallest absolute Gasteiger partial charge is 0.0679 e. The second-order valence-electron chi connectivity index (χ2n) is 4.68. The van der Waals surface area contributed by atoms with Gasteiger partial charge in [-0.1, -0.05) is 87.1 Å². The molecule has 3 aromatic rings. The van der Waals surface area contributed by atoms with Gasteiger partial charge in [0.25, 0.3) is 0 Å². The van der Waals surface area contributed by atoms with Crippen molar-refractivity contribution in [3.8, 4) is 0 Å². The van der Waals surface area contributed by atoms with Crippen LogP contribution in [-0.4, -0.2) is 0 Å². The maximum absolute atomic E-state index is 6.32. The number of rotatable bonds is 2. The molecule has 0 N–H and O–H groups in total. The maximum atomic E-state index is 6.32. The van der Waals surface area contributed by atoms with E-state index in [4.69, 9.17) is 34.8 Å². The summed E-state index contributed by atoms with van der Waals surface area (Å²) < 4.78 is 0. The van der Waals surface area contributed by atoms with E-state index in [1.165, 1.54) is 0 Å². The maximum Gasteiger partial charge on any atom is 0.0679 e. The van der Waals surface area contributed by atoms with Crippen molar-refractivity contribution in [1.82, 2.24) is 0 Å². The highest BCUT2D eigenvalue weighted by molar-refractivity contribution is 9.09. The zero-order valence-corrected chi connectivity index (χ0v) is 14.6. The summed E-state index contributed by atoms with van der Waals surface area (Å²) in [5.74, 6) is 0. The number of fused-ring (bicyclic) bond motifs is 1. The summed E-state index contributed by atoms with van der Waals surface area (Å²) in [6.07, 6.45) is 0. The second-order valence-corrected chi connectivity index (χ2v) is 6.82. The average molecular weight is 401 g/mol. The van der Waals surface area contributed by atoms with Gasteiger partial charge in [-0.3, -0.25) is 0 Å². The molecule has 1 atom stereocenters. The van der Waals surface area contributed by atoms with Gasteiger partial charge in [-0.25, -0.2) is 0 Å². The Labute approximate surface area is 146 Å². The van der Waals surface area contributed by atoms with Crippen LogP contribution in [-0.2, 0) is 0 Å². The van der Waals surface area contributed by atoms with Gasteiger partial charge < -0.3 is 0 Å². The molecule has 0 aliphatic rings. The molecule has 4 heteroatoms. The monoisotopic (exact) mass is 398 g/mol. The molecule has 0 aromatic heterocycles. The van der Waals surface area contributed by atoms with Crippen molar-refractivity contribution in [2.45, 2.75) is 4.83 Å². The van der Waals surface area contributed by atoms with E-state index in [1.807, 2.05) is 48.5 Å². The minimum absolute atomic E-state index is 0.0964. The van der Waals surface area contributed by atoms with Crippen LogP contribution < -0.4 is 0 Å². The molecule has 0 saturated carbocycles. The molecule has 0 bridgehead atoms. The first-order valence-corrected chi connectivity index (χ1v) is 8.39. The van der Waals surface area contributed by atoms with Gasteiger partial charge in [-0.05, 0) is 29.1 Å². The molecule has 0 saturated heterocycles. The molecular formula is C17H10BrCl3. The molecule has 3 aromatic carbocycles. The molecule has 1 unspecified atom stereocenters. The topological polar surface area (TPSA) is 0 Å². The highest BCUT2D eigenvalue weighted by Crippen LogP contribution is 2.42. The molecule has 3 rings (SSSR count). The van der Waals surface area contributed by atoms with E-state index in [0.29, 0.717) is 10.0 Å². The number of hydrogen-bond acceptors (Lipinski definition) is 0. The third-order valence-corrected chi connectivity index (χ3v) is 5.37. The van der Waals surface area contributed by atoms with Crippen molar-refractivity contribution in [1.29, 1.82) is 0 Å². The van der Waals surface area contributed by atoms with Crippen molar-refractivity contribution in [2.24, 2.45) is 0 Å². The fourth-order valence-corrected chi connectivity index (χ4v) is 4.41. The normalized spacial score (nSPS) is 12.6. The van der Waals surface area contributed by atoms with Crippen LogP contribution in [0.5, 0.6) is 0 Å². The Hall–Kier alpha value is -0.730. The van der Waals surface area contributed by atoms with Gasteiger partial charge in [0.1, 0.15) is 0 Å². The zero-order valence-electron chi connectivity index (χ0n) is 10.8. The van der Waals surface area contributed by atoms with E-state index in [0.717, 1.165) is 26.9 Å². The largest absolute Gasteiger partial charge is 0.0839 e. The van der Waals surface area contributed by atoms with E-state index >= 15 is 0 Å². The van der Waals surface area contributed by atoms with Crippen LogP contribution in [0.15, 0.2) is 54.6 Å². The number of alkyl halides is 1. The molecule has 0 aliphatic heterocycles. The van der Waals surface area contributed by atoms with E-state index in [9.17, 15) is 0 Å². The lowest BCUT2D eigenvalue weighted by atomic mass is 9.98. The zero-order chi connectivity index (χ0) is 15.0. The number of hydrogen-bond donors (Lipinski definition) is 0. The predicted octanol–water partition coefficient (Wildman–Crippen LogP) is 7.28. The highest BCUT2D eigenvalue weighted by Gasteiger charge is 2.19. The van der Waals surface area contributed by atoms with E-state index in [2.05, 4.69) is 22.0 Å². The lowest BCUT2D eigenvalue weighted by Gasteiger charge is -2.17. The Morgan fingerprint density at radius 1 is 0.667 bits per heavy atom. The summed E-state index contributed by atoms with van der Waals surface area (Å²) in [5.41, 5.74) is 1.96. The van der Waals surface area contributed by atoms with Crippen LogP contribution in [0.25, 0.3) is 10.8 Å². The Bertz CT molecular complexity index is 794. The van der Waals surface area contributed by atoms with Crippen molar-refractivity contribution in [3.63, 3.8) is 0 Å².